The normalized spacial score (nSPS) is 11.3. The van der Waals surface area contributed by atoms with Gasteiger partial charge in [0.1, 0.15) is 17.3 Å². The van der Waals surface area contributed by atoms with Gasteiger partial charge in [-0.25, -0.2) is 4.39 Å². The molecular formula is C19H10BrClFNO. The summed E-state index contributed by atoms with van der Waals surface area (Å²) in [7, 11) is 0. The minimum Gasteiger partial charge on any atom is -0.457 e. The highest BCUT2D eigenvalue weighted by Gasteiger charge is 2.10. The number of furan rings is 1. The summed E-state index contributed by atoms with van der Waals surface area (Å²) in [5.41, 5.74) is 1.25. The predicted octanol–water partition coefficient (Wildman–Crippen LogP) is 6.57. The minimum atomic E-state index is -0.447. The van der Waals surface area contributed by atoms with E-state index in [1.807, 2.05) is 18.2 Å². The molecule has 24 heavy (non-hydrogen) atoms. The van der Waals surface area contributed by atoms with Gasteiger partial charge in [-0.15, -0.1) is 0 Å². The first-order valence-electron chi connectivity index (χ1n) is 7.00. The highest BCUT2D eigenvalue weighted by molar-refractivity contribution is 9.10. The molecule has 0 aliphatic heterocycles. The van der Waals surface area contributed by atoms with Crippen LogP contribution >= 0.6 is 27.5 Å². The van der Waals surface area contributed by atoms with Crippen molar-refractivity contribution in [3.63, 3.8) is 0 Å². The fourth-order valence-corrected chi connectivity index (χ4v) is 2.65. The van der Waals surface area contributed by atoms with E-state index in [-0.39, 0.29) is 11.1 Å². The lowest BCUT2D eigenvalue weighted by Crippen LogP contribution is -1.86. The Bertz CT molecular complexity index is 971. The van der Waals surface area contributed by atoms with Crippen LogP contribution in [0.5, 0.6) is 0 Å². The molecule has 0 aliphatic carbocycles. The second-order valence-corrected chi connectivity index (χ2v) is 6.24. The third-order valence-electron chi connectivity index (χ3n) is 3.40. The van der Waals surface area contributed by atoms with Gasteiger partial charge in [0.25, 0.3) is 0 Å². The second kappa shape index (κ2) is 7.04. The van der Waals surface area contributed by atoms with E-state index in [1.165, 1.54) is 12.1 Å². The van der Waals surface area contributed by atoms with Crippen LogP contribution in [-0.4, -0.2) is 0 Å². The summed E-state index contributed by atoms with van der Waals surface area (Å²) in [5.74, 6) is 0.627. The summed E-state index contributed by atoms with van der Waals surface area (Å²) >= 11 is 9.43. The highest BCUT2D eigenvalue weighted by atomic mass is 79.9. The first-order chi connectivity index (χ1) is 11.6. The molecule has 0 unspecified atom stereocenters. The molecule has 0 radical (unpaired) electrons. The van der Waals surface area contributed by atoms with E-state index < -0.39 is 5.82 Å². The summed E-state index contributed by atoms with van der Waals surface area (Å²) in [6.45, 7) is 0. The predicted molar refractivity (Wildman–Crippen MR) is 96.7 cm³/mol. The van der Waals surface area contributed by atoms with Crippen molar-refractivity contribution in [3.05, 3.63) is 81.2 Å². The van der Waals surface area contributed by atoms with Crippen LogP contribution in [0, 0.1) is 17.1 Å². The van der Waals surface area contributed by atoms with Crippen molar-refractivity contribution in [1.82, 2.24) is 0 Å². The summed E-state index contributed by atoms with van der Waals surface area (Å²) in [6.07, 6.45) is 1.52. The average molecular weight is 403 g/mol. The van der Waals surface area contributed by atoms with Gasteiger partial charge in [-0.05, 0) is 52.3 Å². The molecule has 118 valence electrons. The van der Waals surface area contributed by atoms with Crippen LogP contribution in [0.15, 0.2) is 63.5 Å². The first-order valence-corrected chi connectivity index (χ1v) is 8.17. The largest absolute Gasteiger partial charge is 0.457 e. The lowest BCUT2D eigenvalue weighted by atomic mass is 10.1. The van der Waals surface area contributed by atoms with Crippen molar-refractivity contribution in [2.24, 2.45) is 0 Å². The number of hydrogen-bond donors (Lipinski definition) is 0. The van der Waals surface area contributed by atoms with Gasteiger partial charge in [-0.3, -0.25) is 0 Å². The fraction of sp³-hybridized carbons (Fsp3) is 0. The van der Waals surface area contributed by atoms with Crippen molar-refractivity contribution in [3.8, 4) is 17.4 Å². The molecule has 3 aromatic rings. The van der Waals surface area contributed by atoms with Gasteiger partial charge >= 0.3 is 0 Å². The summed E-state index contributed by atoms with van der Waals surface area (Å²) in [4.78, 5) is 0. The molecule has 0 fully saturated rings. The number of hydrogen-bond acceptors (Lipinski definition) is 2. The van der Waals surface area contributed by atoms with Crippen LogP contribution in [-0.2, 0) is 0 Å². The molecule has 0 atom stereocenters. The minimum absolute atomic E-state index is 0.197. The molecule has 0 N–H and O–H groups in total. The van der Waals surface area contributed by atoms with Gasteiger partial charge in [-0.1, -0.05) is 35.9 Å². The number of halogens is 3. The van der Waals surface area contributed by atoms with E-state index in [0.29, 0.717) is 16.5 Å². The van der Waals surface area contributed by atoms with Gasteiger partial charge < -0.3 is 4.42 Å². The summed E-state index contributed by atoms with van der Waals surface area (Å²) < 4.78 is 20.4. The van der Waals surface area contributed by atoms with Crippen LogP contribution in [0.25, 0.3) is 23.0 Å². The van der Waals surface area contributed by atoms with Crippen molar-refractivity contribution in [1.29, 1.82) is 5.26 Å². The molecule has 2 nitrogen and oxygen atoms in total. The number of rotatable bonds is 3. The Balaban J connectivity index is 1.97. The van der Waals surface area contributed by atoms with Gasteiger partial charge in [0.05, 0.1) is 16.7 Å². The molecule has 0 bridgehead atoms. The van der Waals surface area contributed by atoms with E-state index in [1.54, 1.807) is 36.4 Å². The Hall–Kier alpha value is -2.35. The second-order valence-electron chi connectivity index (χ2n) is 4.98. The van der Waals surface area contributed by atoms with Crippen molar-refractivity contribution in [2.75, 3.05) is 0 Å². The molecule has 0 spiro atoms. The molecule has 1 aromatic heterocycles. The topological polar surface area (TPSA) is 36.9 Å². The molecule has 0 aliphatic rings. The van der Waals surface area contributed by atoms with Gasteiger partial charge in [0.15, 0.2) is 0 Å². The Morgan fingerprint density at radius 2 is 1.96 bits per heavy atom. The third kappa shape index (κ3) is 3.43. The molecular weight excluding hydrogens is 393 g/mol. The van der Waals surface area contributed by atoms with E-state index >= 15 is 0 Å². The Labute approximate surface area is 151 Å². The van der Waals surface area contributed by atoms with Crippen molar-refractivity contribution >= 4 is 39.2 Å². The van der Waals surface area contributed by atoms with E-state index in [2.05, 4.69) is 15.9 Å². The van der Waals surface area contributed by atoms with Crippen LogP contribution in [0.4, 0.5) is 4.39 Å². The van der Waals surface area contributed by atoms with Crippen LogP contribution in [0.1, 0.15) is 11.3 Å². The highest BCUT2D eigenvalue weighted by Crippen LogP contribution is 2.31. The quantitative estimate of drug-likeness (QED) is 0.465. The first kappa shape index (κ1) is 16.5. The average Bonchev–Trinajstić information content (AvgIpc) is 3.04. The zero-order valence-electron chi connectivity index (χ0n) is 12.3. The molecule has 5 heteroatoms. The maximum absolute atomic E-state index is 13.8. The van der Waals surface area contributed by atoms with Crippen molar-refractivity contribution < 1.29 is 8.81 Å². The monoisotopic (exact) mass is 401 g/mol. The SMILES string of the molecule is N#CC(=Cc1ccc(-c2ccc(Br)c(Cl)c2)o1)c1ccccc1F. The Morgan fingerprint density at radius 1 is 1.17 bits per heavy atom. The maximum Gasteiger partial charge on any atom is 0.134 e. The molecule has 2 aromatic carbocycles. The summed E-state index contributed by atoms with van der Waals surface area (Å²) in [5, 5.41) is 9.88. The molecule has 0 saturated carbocycles. The summed E-state index contributed by atoms with van der Waals surface area (Å²) in [6, 6.07) is 17.1. The number of nitriles is 1. The van der Waals surface area contributed by atoms with E-state index in [9.17, 15) is 9.65 Å². The fourth-order valence-electron chi connectivity index (χ4n) is 2.23. The molecule has 3 rings (SSSR count). The van der Waals surface area contributed by atoms with E-state index in [4.69, 9.17) is 16.0 Å². The molecule has 0 amide bonds. The molecule has 1 heterocycles. The van der Waals surface area contributed by atoms with Crippen LogP contribution in [0.3, 0.4) is 0 Å². The number of nitrogens with zero attached hydrogens (tertiary/aromatic N) is 1. The van der Waals surface area contributed by atoms with Gasteiger partial charge in [0.2, 0.25) is 0 Å². The van der Waals surface area contributed by atoms with E-state index in [0.717, 1.165) is 10.0 Å². The lowest BCUT2D eigenvalue weighted by Gasteiger charge is -2.01. The number of allylic oxidation sites excluding steroid dienone is 1. The maximum atomic E-state index is 13.8. The van der Waals surface area contributed by atoms with Crippen LogP contribution in [0.2, 0.25) is 5.02 Å². The van der Waals surface area contributed by atoms with Gasteiger partial charge in [-0.2, -0.15) is 5.26 Å². The Morgan fingerprint density at radius 3 is 2.67 bits per heavy atom. The number of benzene rings is 2. The molecule has 0 saturated heterocycles. The lowest BCUT2D eigenvalue weighted by molar-refractivity contribution is 0.572. The van der Waals surface area contributed by atoms with Gasteiger partial charge in [0, 0.05) is 15.6 Å². The van der Waals surface area contributed by atoms with Crippen LogP contribution < -0.4 is 0 Å². The third-order valence-corrected chi connectivity index (χ3v) is 4.63. The smallest absolute Gasteiger partial charge is 0.134 e. The zero-order chi connectivity index (χ0) is 17.1. The zero-order valence-corrected chi connectivity index (χ0v) is 14.6. The van der Waals surface area contributed by atoms with Crippen molar-refractivity contribution in [2.45, 2.75) is 0 Å². The standard InChI is InChI=1S/C19H10BrClFNO/c20-16-7-5-12(10-17(16)21)19-8-6-14(24-19)9-13(11-23)15-3-1-2-4-18(15)22/h1-10H. The Kier molecular flexibility index (Phi) is 4.84.